The van der Waals surface area contributed by atoms with Crippen LogP contribution in [0.15, 0.2) is 30.5 Å². The third-order valence-electron chi connectivity index (χ3n) is 4.83. The van der Waals surface area contributed by atoms with Gasteiger partial charge in [0, 0.05) is 41.7 Å². The first-order valence-corrected chi connectivity index (χ1v) is 7.31. The van der Waals surface area contributed by atoms with Gasteiger partial charge in [-0.25, -0.2) is 0 Å². The zero-order valence-electron chi connectivity index (χ0n) is 11.2. The molecule has 0 unspecified atom stereocenters. The Morgan fingerprint density at radius 1 is 1.15 bits per heavy atom. The van der Waals surface area contributed by atoms with Gasteiger partial charge in [0.2, 0.25) is 0 Å². The maximum absolute atomic E-state index is 4.64. The van der Waals surface area contributed by atoms with Crippen molar-refractivity contribution in [2.45, 2.75) is 18.8 Å². The number of hydrogen-bond acceptors (Lipinski definition) is 2. The first-order valence-electron chi connectivity index (χ1n) is 7.31. The van der Waals surface area contributed by atoms with E-state index in [4.69, 9.17) is 0 Å². The summed E-state index contributed by atoms with van der Waals surface area (Å²) in [5, 5.41) is 9.20. The molecule has 5 heterocycles. The standard InChI is InChI=1S/C16H16N4/c1-2-4-13-11(3-1)12(9-17-13)15-16-14(18-19-15)10-5-7-20(16)8-6-10/h1-4,9-10,17H,5-8H2,(H,18,19). The number of rotatable bonds is 1. The molecule has 2 aromatic heterocycles. The lowest BCUT2D eigenvalue weighted by Gasteiger charge is -2.40. The summed E-state index contributed by atoms with van der Waals surface area (Å²) in [7, 11) is 0. The van der Waals surface area contributed by atoms with Gasteiger partial charge in [-0.15, -0.1) is 0 Å². The fourth-order valence-corrected chi connectivity index (χ4v) is 3.80. The lowest BCUT2D eigenvalue weighted by atomic mass is 9.86. The normalized spacial score (nSPS) is 17.9. The molecule has 0 saturated carbocycles. The third-order valence-corrected chi connectivity index (χ3v) is 4.83. The molecule has 6 rings (SSSR count). The van der Waals surface area contributed by atoms with Crippen LogP contribution in [0.5, 0.6) is 0 Å². The Balaban J connectivity index is 1.77. The van der Waals surface area contributed by atoms with Crippen molar-refractivity contribution in [1.29, 1.82) is 0 Å². The monoisotopic (exact) mass is 264 g/mol. The smallest absolute Gasteiger partial charge is 0.118 e. The largest absolute Gasteiger partial charge is 0.368 e. The van der Waals surface area contributed by atoms with Crippen molar-refractivity contribution in [3.8, 4) is 11.3 Å². The number of piperidine rings is 1. The van der Waals surface area contributed by atoms with Gasteiger partial charge in [-0.3, -0.25) is 5.10 Å². The summed E-state index contributed by atoms with van der Waals surface area (Å²) >= 11 is 0. The second kappa shape index (κ2) is 3.66. The predicted octanol–water partition coefficient (Wildman–Crippen LogP) is 3.26. The Bertz CT molecular complexity index is 790. The van der Waals surface area contributed by atoms with Crippen LogP contribution in [0.2, 0.25) is 0 Å². The Hall–Kier alpha value is -2.23. The van der Waals surface area contributed by atoms with E-state index in [0.29, 0.717) is 5.92 Å². The molecule has 100 valence electrons. The zero-order valence-corrected chi connectivity index (χ0v) is 11.2. The number of fused-ring (bicyclic) bond motifs is 3. The van der Waals surface area contributed by atoms with Crippen LogP contribution >= 0.6 is 0 Å². The molecule has 2 bridgehead atoms. The summed E-state index contributed by atoms with van der Waals surface area (Å²) in [4.78, 5) is 5.85. The van der Waals surface area contributed by atoms with Gasteiger partial charge >= 0.3 is 0 Å². The van der Waals surface area contributed by atoms with Crippen LogP contribution < -0.4 is 4.90 Å². The molecular formula is C16H16N4. The Morgan fingerprint density at radius 2 is 2.00 bits per heavy atom. The number of nitrogens with one attached hydrogen (secondary N) is 2. The van der Waals surface area contributed by atoms with Crippen LogP contribution in [0.3, 0.4) is 0 Å². The lowest BCUT2D eigenvalue weighted by Crippen LogP contribution is -2.38. The molecule has 0 amide bonds. The van der Waals surface area contributed by atoms with E-state index in [0.717, 1.165) is 5.69 Å². The van der Waals surface area contributed by atoms with Crippen LogP contribution in [0.25, 0.3) is 22.2 Å². The highest BCUT2D eigenvalue weighted by atomic mass is 15.2. The Labute approximate surface area is 116 Å². The molecule has 0 atom stereocenters. The molecule has 0 aliphatic carbocycles. The summed E-state index contributed by atoms with van der Waals surface area (Å²) in [5.74, 6) is 0.682. The van der Waals surface area contributed by atoms with Crippen molar-refractivity contribution in [2.24, 2.45) is 0 Å². The average Bonchev–Trinajstić information content (AvgIpc) is 3.13. The molecule has 1 fully saturated rings. The zero-order chi connectivity index (χ0) is 13.1. The van der Waals surface area contributed by atoms with Gasteiger partial charge < -0.3 is 9.88 Å². The topological polar surface area (TPSA) is 47.7 Å². The lowest BCUT2D eigenvalue weighted by molar-refractivity contribution is 0.466. The second-order valence-electron chi connectivity index (χ2n) is 5.84. The predicted molar refractivity (Wildman–Crippen MR) is 80.1 cm³/mol. The number of nitrogens with zero attached hydrogens (tertiary/aromatic N) is 2. The number of H-pyrrole nitrogens is 2. The number of para-hydroxylation sites is 1. The third kappa shape index (κ3) is 1.24. The van der Waals surface area contributed by atoms with Crippen LogP contribution in [0.1, 0.15) is 24.5 Å². The van der Waals surface area contributed by atoms with Gasteiger partial charge in [-0.2, -0.15) is 5.10 Å². The summed E-state index contributed by atoms with van der Waals surface area (Å²) in [6.07, 6.45) is 4.62. The van der Waals surface area contributed by atoms with Crippen LogP contribution in [-0.4, -0.2) is 28.3 Å². The molecule has 1 saturated heterocycles. The fraction of sp³-hybridized carbons (Fsp3) is 0.312. The number of hydrogen-bond donors (Lipinski definition) is 2. The van der Waals surface area contributed by atoms with E-state index in [2.05, 4.69) is 50.5 Å². The SMILES string of the molecule is c1ccc2c(-c3n[nH]c4c3N3CCC4CC3)c[nH]c2c1. The van der Waals surface area contributed by atoms with Crippen molar-refractivity contribution in [3.05, 3.63) is 36.2 Å². The van der Waals surface area contributed by atoms with E-state index in [1.165, 1.54) is 53.8 Å². The highest BCUT2D eigenvalue weighted by Gasteiger charge is 2.35. The highest BCUT2D eigenvalue weighted by Crippen LogP contribution is 2.46. The summed E-state index contributed by atoms with van der Waals surface area (Å²) in [5.41, 5.74) is 6.20. The maximum atomic E-state index is 4.64. The van der Waals surface area contributed by atoms with Crippen molar-refractivity contribution < 1.29 is 0 Å². The summed E-state index contributed by atoms with van der Waals surface area (Å²) < 4.78 is 0. The Morgan fingerprint density at radius 3 is 2.90 bits per heavy atom. The van der Waals surface area contributed by atoms with Crippen molar-refractivity contribution in [3.63, 3.8) is 0 Å². The molecule has 4 heteroatoms. The van der Waals surface area contributed by atoms with E-state index in [1.807, 2.05) is 0 Å². The summed E-state index contributed by atoms with van der Waals surface area (Å²) in [6.45, 7) is 2.35. The second-order valence-corrected chi connectivity index (χ2v) is 5.84. The molecule has 1 aromatic carbocycles. The minimum atomic E-state index is 0.682. The fourth-order valence-electron chi connectivity index (χ4n) is 3.80. The molecule has 4 nitrogen and oxygen atoms in total. The van der Waals surface area contributed by atoms with Crippen molar-refractivity contribution >= 4 is 16.6 Å². The number of aromatic nitrogens is 3. The van der Waals surface area contributed by atoms with E-state index >= 15 is 0 Å². The molecular weight excluding hydrogens is 248 g/mol. The average molecular weight is 264 g/mol. The van der Waals surface area contributed by atoms with Gasteiger partial charge in [-0.05, 0) is 18.9 Å². The van der Waals surface area contributed by atoms with Gasteiger partial charge in [0.1, 0.15) is 5.69 Å². The molecule has 2 N–H and O–H groups in total. The molecule has 0 radical (unpaired) electrons. The molecule has 0 spiro atoms. The van der Waals surface area contributed by atoms with Gasteiger partial charge in [-0.1, -0.05) is 18.2 Å². The minimum absolute atomic E-state index is 0.682. The Kier molecular flexibility index (Phi) is 1.93. The van der Waals surface area contributed by atoms with Crippen LogP contribution in [0.4, 0.5) is 5.69 Å². The van der Waals surface area contributed by atoms with E-state index in [1.54, 1.807) is 0 Å². The molecule has 3 aromatic rings. The van der Waals surface area contributed by atoms with Crippen molar-refractivity contribution in [1.82, 2.24) is 15.2 Å². The number of aromatic amines is 2. The maximum Gasteiger partial charge on any atom is 0.118 e. The van der Waals surface area contributed by atoms with Crippen molar-refractivity contribution in [2.75, 3.05) is 18.0 Å². The summed E-state index contributed by atoms with van der Waals surface area (Å²) in [6, 6.07) is 8.43. The van der Waals surface area contributed by atoms with Gasteiger partial charge in [0.25, 0.3) is 0 Å². The first-order chi connectivity index (χ1) is 9.92. The number of anilines is 1. The van der Waals surface area contributed by atoms with Crippen LogP contribution in [-0.2, 0) is 0 Å². The van der Waals surface area contributed by atoms with E-state index in [-0.39, 0.29) is 0 Å². The number of benzene rings is 1. The van der Waals surface area contributed by atoms with E-state index in [9.17, 15) is 0 Å². The quantitative estimate of drug-likeness (QED) is 0.708. The van der Waals surface area contributed by atoms with Crippen LogP contribution in [0, 0.1) is 0 Å². The van der Waals surface area contributed by atoms with E-state index < -0.39 is 0 Å². The minimum Gasteiger partial charge on any atom is -0.368 e. The molecule has 20 heavy (non-hydrogen) atoms. The molecule has 3 aliphatic rings. The van der Waals surface area contributed by atoms with Gasteiger partial charge in [0.15, 0.2) is 0 Å². The molecule has 3 aliphatic heterocycles. The van der Waals surface area contributed by atoms with Gasteiger partial charge in [0.05, 0.1) is 11.4 Å². The highest BCUT2D eigenvalue weighted by molar-refractivity contribution is 5.98. The first kappa shape index (κ1) is 10.5.